The highest BCUT2D eigenvalue weighted by molar-refractivity contribution is 6.33. The third-order valence-corrected chi connectivity index (χ3v) is 4.83. The summed E-state index contributed by atoms with van der Waals surface area (Å²) in [6.07, 6.45) is 0. The number of aryl methyl sites for hydroxylation is 1. The van der Waals surface area contributed by atoms with Gasteiger partial charge in [0.15, 0.2) is 5.82 Å². The lowest BCUT2D eigenvalue weighted by Crippen LogP contribution is -2.48. The van der Waals surface area contributed by atoms with Crippen LogP contribution in [-0.2, 0) is 4.79 Å². The van der Waals surface area contributed by atoms with Crippen molar-refractivity contribution >= 4 is 23.3 Å². The molecule has 0 radical (unpaired) electrons. The Morgan fingerprint density at radius 2 is 1.75 bits per heavy atom. The van der Waals surface area contributed by atoms with Crippen LogP contribution in [0.5, 0.6) is 0 Å². The fourth-order valence-corrected chi connectivity index (χ4v) is 3.14. The van der Waals surface area contributed by atoms with Crippen LogP contribution in [0, 0.1) is 13.8 Å². The number of rotatable bonds is 2. The second kappa shape index (κ2) is 6.77. The van der Waals surface area contributed by atoms with Crippen LogP contribution in [0.25, 0.3) is 11.4 Å². The molecule has 0 atom stereocenters. The van der Waals surface area contributed by atoms with E-state index < -0.39 is 0 Å². The zero-order valence-electron chi connectivity index (χ0n) is 14.2. The Kier molecular flexibility index (Phi) is 4.71. The van der Waals surface area contributed by atoms with Gasteiger partial charge >= 0.3 is 0 Å². The van der Waals surface area contributed by atoms with Crippen LogP contribution >= 0.6 is 11.6 Å². The smallest absolute Gasteiger partial charge is 0.219 e. The molecule has 0 N–H and O–H groups in total. The van der Waals surface area contributed by atoms with Crippen molar-refractivity contribution in [2.75, 3.05) is 31.1 Å². The van der Waals surface area contributed by atoms with Gasteiger partial charge in [-0.05, 0) is 26.0 Å². The van der Waals surface area contributed by atoms with Crippen LogP contribution in [0.15, 0.2) is 24.3 Å². The zero-order chi connectivity index (χ0) is 17.3. The first kappa shape index (κ1) is 16.7. The molecule has 24 heavy (non-hydrogen) atoms. The number of carbonyl (C=O) groups is 1. The van der Waals surface area contributed by atoms with Crippen LogP contribution in [-0.4, -0.2) is 47.0 Å². The summed E-state index contributed by atoms with van der Waals surface area (Å²) in [7, 11) is 0. The maximum absolute atomic E-state index is 11.5. The number of amides is 1. The van der Waals surface area contributed by atoms with E-state index in [0.717, 1.165) is 48.8 Å². The second-order valence-corrected chi connectivity index (χ2v) is 6.46. The number of hydrogen-bond acceptors (Lipinski definition) is 4. The average molecular weight is 345 g/mol. The van der Waals surface area contributed by atoms with Gasteiger partial charge in [-0.25, -0.2) is 9.97 Å². The number of halogens is 1. The van der Waals surface area contributed by atoms with Crippen molar-refractivity contribution in [3.05, 3.63) is 40.5 Å². The number of hydrogen-bond donors (Lipinski definition) is 0. The van der Waals surface area contributed by atoms with E-state index in [2.05, 4.69) is 9.88 Å². The van der Waals surface area contributed by atoms with Gasteiger partial charge in [0.2, 0.25) is 5.91 Å². The Labute approximate surface area is 147 Å². The van der Waals surface area contributed by atoms with Gasteiger partial charge < -0.3 is 9.80 Å². The highest BCUT2D eigenvalue weighted by Crippen LogP contribution is 2.29. The van der Waals surface area contributed by atoms with Crippen LogP contribution < -0.4 is 4.90 Å². The van der Waals surface area contributed by atoms with E-state index in [9.17, 15) is 4.79 Å². The Morgan fingerprint density at radius 1 is 1.08 bits per heavy atom. The first-order valence-corrected chi connectivity index (χ1v) is 8.45. The van der Waals surface area contributed by atoms with Gasteiger partial charge in [0.25, 0.3) is 0 Å². The standard InChI is InChI=1S/C18H21ClN4O/c1-12-13(2)20-17(15-6-4-5-7-16(15)19)21-18(12)23-10-8-22(9-11-23)14(3)24/h4-7H,8-11H2,1-3H3. The van der Waals surface area contributed by atoms with E-state index in [1.54, 1.807) is 6.92 Å². The molecule has 0 bridgehead atoms. The van der Waals surface area contributed by atoms with Crippen LogP contribution in [0.3, 0.4) is 0 Å². The highest BCUT2D eigenvalue weighted by atomic mass is 35.5. The second-order valence-electron chi connectivity index (χ2n) is 6.05. The van der Waals surface area contributed by atoms with E-state index >= 15 is 0 Å². The first-order valence-electron chi connectivity index (χ1n) is 8.08. The van der Waals surface area contributed by atoms with Crippen molar-refractivity contribution in [2.45, 2.75) is 20.8 Å². The van der Waals surface area contributed by atoms with Gasteiger partial charge in [0.05, 0.1) is 5.02 Å². The molecule has 0 saturated carbocycles. The number of nitrogens with zero attached hydrogens (tertiary/aromatic N) is 4. The molecule has 6 heteroatoms. The number of piperazine rings is 1. The minimum absolute atomic E-state index is 0.127. The van der Waals surface area contributed by atoms with Gasteiger partial charge in [-0.1, -0.05) is 23.7 Å². The molecule has 1 aliphatic heterocycles. The average Bonchev–Trinajstić information content (AvgIpc) is 2.58. The van der Waals surface area contributed by atoms with Crippen molar-refractivity contribution in [3.63, 3.8) is 0 Å². The van der Waals surface area contributed by atoms with Gasteiger partial charge in [0, 0.05) is 49.9 Å². The highest BCUT2D eigenvalue weighted by Gasteiger charge is 2.22. The fourth-order valence-electron chi connectivity index (χ4n) is 2.92. The molecule has 2 aromatic rings. The molecule has 1 aromatic carbocycles. The van der Waals surface area contributed by atoms with Gasteiger partial charge in [0.1, 0.15) is 5.82 Å². The summed E-state index contributed by atoms with van der Waals surface area (Å²) in [5.74, 6) is 1.70. The maximum atomic E-state index is 11.5. The summed E-state index contributed by atoms with van der Waals surface area (Å²) >= 11 is 6.31. The number of anilines is 1. The lowest BCUT2D eigenvalue weighted by molar-refractivity contribution is -0.129. The van der Waals surface area contributed by atoms with Crippen molar-refractivity contribution < 1.29 is 4.79 Å². The molecule has 126 valence electrons. The predicted octanol–water partition coefficient (Wildman–Crippen LogP) is 3.08. The van der Waals surface area contributed by atoms with Gasteiger partial charge in [-0.15, -0.1) is 0 Å². The van der Waals surface area contributed by atoms with Crippen LogP contribution in [0.2, 0.25) is 5.02 Å². The molecular formula is C18H21ClN4O. The SMILES string of the molecule is CC(=O)N1CCN(c2nc(-c3ccccc3Cl)nc(C)c2C)CC1. The predicted molar refractivity (Wildman–Crippen MR) is 96.4 cm³/mol. The molecule has 0 aliphatic carbocycles. The number of carbonyl (C=O) groups excluding carboxylic acids is 1. The third kappa shape index (κ3) is 3.22. The summed E-state index contributed by atoms with van der Waals surface area (Å²) in [4.78, 5) is 25.0. The lowest BCUT2D eigenvalue weighted by atomic mass is 10.1. The topological polar surface area (TPSA) is 49.3 Å². The summed E-state index contributed by atoms with van der Waals surface area (Å²) in [5.41, 5.74) is 2.86. The van der Waals surface area contributed by atoms with Crippen molar-refractivity contribution in [3.8, 4) is 11.4 Å². The Morgan fingerprint density at radius 3 is 2.38 bits per heavy atom. The van der Waals surface area contributed by atoms with Crippen molar-refractivity contribution in [1.82, 2.24) is 14.9 Å². The van der Waals surface area contributed by atoms with Crippen LogP contribution in [0.1, 0.15) is 18.2 Å². The first-order chi connectivity index (χ1) is 11.5. The number of benzene rings is 1. The largest absolute Gasteiger partial charge is 0.353 e. The summed E-state index contributed by atoms with van der Waals surface area (Å²) in [6, 6.07) is 7.62. The van der Waals surface area contributed by atoms with E-state index in [0.29, 0.717) is 10.8 Å². The summed E-state index contributed by atoms with van der Waals surface area (Å²) in [6.45, 7) is 8.65. The maximum Gasteiger partial charge on any atom is 0.219 e. The quantitative estimate of drug-likeness (QED) is 0.840. The van der Waals surface area contributed by atoms with E-state index in [4.69, 9.17) is 16.6 Å². The molecule has 3 rings (SSSR count). The number of aromatic nitrogens is 2. The van der Waals surface area contributed by atoms with Crippen molar-refractivity contribution in [1.29, 1.82) is 0 Å². The third-order valence-electron chi connectivity index (χ3n) is 4.50. The van der Waals surface area contributed by atoms with Crippen LogP contribution in [0.4, 0.5) is 5.82 Å². The summed E-state index contributed by atoms with van der Waals surface area (Å²) < 4.78 is 0. The van der Waals surface area contributed by atoms with Gasteiger partial charge in [-0.3, -0.25) is 4.79 Å². The molecule has 0 unspecified atom stereocenters. The Hall–Kier alpha value is -2.14. The summed E-state index contributed by atoms with van der Waals surface area (Å²) in [5, 5.41) is 0.646. The molecule has 1 amide bonds. The normalized spacial score (nSPS) is 14.8. The fraction of sp³-hybridized carbons (Fsp3) is 0.389. The Balaban J connectivity index is 1.94. The molecule has 0 spiro atoms. The zero-order valence-corrected chi connectivity index (χ0v) is 15.0. The molecule has 1 aromatic heterocycles. The van der Waals surface area contributed by atoms with E-state index in [1.165, 1.54) is 0 Å². The monoisotopic (exact) mass is 344 g/mol. The van der Waals surface area contributed by atoms with Crippen molar-refractivity contribution in [2.24, 2.45) is 0 Å². The molecule has 1 fully saturated rings. The minimum atomic E-state index is 0.127. The van der Waals surface area contributed by atoms with Gasteiger partial charge in [-0.2, -0.15) is 0 Å². The molecular weight excluding hydrogens is 324 g/mol. The molecule has 1 saturated heterocycles. The lowest BCUT2D eigenvalue weighted by Gasteiger charge is -2.35. The molecule has 1 aliphatic rings. The molecule has 5 nitrogen and oxygen atoms in total. The molecule has 2 heterocycles. The minimum Gasteiger partial charge on any atom is -0.353 e. The van der Waals surface area contributed by atoms with E-state index in [1.807, 2.05) is 43.0 Å². The van der Waals surface area contributed by atoms with E-state index in [-0.39, 0.29) is 5.91 Å². The Bertz CT molecular complexity index is 770.